The lowest BCUT2D eigenvalue weighted by molar-refractivity contribution is 0.0963. The molecule has 0 spiro atoms. The van der Waals surface area contributed by atoms with Crippen molar-refractivity contribution in [1.29, 1.82) is 0 Å². The van der Waals surface area contributed by atoms with Gasteiger partial charge in [-0.2, -0.15) is 4.31 Å². The van der Waals surface area contributed by atoms with Crippen molar-refractivity contribution in [2.24, 2.45) is 5.92 Å². The lowest BCUT2D eigenvalue weighted by Crippen LogP contribution is -2.31. The van der Waals surface area contributed by atoms with Crippen LogP contribution in [-0.2, 0) is 22.9 Å². The van der Waals surface area contributed by atoms with Gasteiger partial charge in [0.1, 0.15) is 5.00 Å². The molecule has 2 N–H and O–H groups in total. The zero-order valence-electron chi connectivity index (χ0n) is 19.1. The van der Waals surface area contributed by atoms with Crippen molar-refractivity contribution in [2.45, 2.75) is 56.8 Å². The molecule has 1 atom stereocenters. The molecule has 1 fully saturated rings. The van der Waals surface area contributed by atoms with Crippen molar-refractivity contribution in [3.63, 3.8) is 0 Å². The number of nitrogens with one attached hydrogen (secondary N) is 2. The number of anilines is 1. The van der Waals surface area contributed by atoms with Gasteiger partial charge in [-0.25, -0.2) is 8.42 Å². The van der Waals surface area contributed by atoms with E-state index in [0.717, 1.165) is 55.4 Å². The summed E-state index contributed by atoms with van der Waals surface area (Å²) in [6, 6.07) is 6.07. The van der Waals surface area contributed by atoms with Crippen molar-refractivity contribution in [3.05, 3.63) is 45.8 Å². The van der Waals surface area contributed by atoms with E-state index in [1.54, 1.807) is 11.4 Å². The van der Waals surface area contributed by atoms with E-state index in [-0.39, 0.29) is 16.7 Å². The number of thiophene rings is 1. The molecule has 1 aliphatic heterocycles. The Morgan fingerprint density at radius 2 is 1.70 bits per heavy atom. The quantitative estimate of drug-likeness (QED) is 0.662. The lowest BCUT2D eigenvalue weighted by Gasteiger charge is -2.20. The van der Waals surface area contributed by atoms with Gasteiger partial charge in [-0.05, 0) is 67.9 Å². The highest BCUT2D eigenvalue weighted by Gasteiger charge is 2.29. The molecule has 2 amide bonds. The van der Waals surface area contributed by atoms with Gasteiger partial charge in [0.25, 0.3) is 11.8 Å². The summed E-state index contributed by atoms with van der Waals surface area (Å²) in [6.45, 7) is 3.27. The molecule has 33 heavy (non-hydrogen) atoms. The van der Waals surface area contributed by atoms with E-state index in [2.05, 4.69) is 17.6 Å². The Kier molecular flexibility index (Phi) is 7.21. The molecule has 178 valence electrons. The van der Waals surface area contributed by atoms with Crippen LogP contribution in [0.5, 0.6) is 0 Å². The Bertz CT molecular complexity index is 1130. The summed E-state index contributed by atoms with van der Waals surface area (Å²) >= 11 is 1.47. The fourth-order valence-corrected chi connectivity index (χ4v) is 7.51. The first-order valence-corrected chi connectivity index (χ1v) is 13.8. The van der Waals surface area contributed by atoms with Gasteiger partial charge in [-0.3, -0.25) is 9.59 Å². The average Bonchev–Trinajstić information content (AvgIpc) is 2.97. The molecule has 1 saturated heterocycles. The second-order valence-corrected chi connectivity index (χ2v) is 12.0. The van der Waals surface area contributed by atoms with E-state index < -0.39 is 10.0 Å². The molecule has 1 aromatic carbocycles. The molecule has 7 nitrogen and oxygen atoms in total. The highest BCUT2D eigenvalue weighted by molar-refractivity contribution is 7.89. The van der Waals surface area contributed by atoms with Crippen LogP contribution in [0.3, 0.4) is 0 Å². The lowest BCUT2D eigenvalue weighted by atomic mass is 9.88. The van der Waals surface area contributed by atoms with Gasteiger partial charge in [-0.1, -0.05) is 19.8 Å². The number of carbonyl (C=O) groups is 2. The van der Waals surface area contributed by atoms with E-state index in [1.165, 1.54) is 35.6 Å². The summed E-state index contributed by atoms with van der Waals surface area (Å²) in [5.74, 6) is -0.00213. The summed E-state index contributed by atoms with van der Waals surface area (Å²) in [5, 5.41) is 6.14. The number of benzene rings is 1. The van der Waals surface area contributed by atoms with Crippen LogP contribution in [0.25, 0.3) is 0 Å². The number of hydrogen-bond acceptors (Lipinski definition) is 5. The topological polar surface area (TPSA) is 95.6 Å². The van der Waals surface area contributed by atoms with E-state index in [9.17, 15) is 18.0 Å². The van der Waals surface area contributed by atoms with Crippen molar-refractivity contribution >= 4 is 38.2 Å². The van der Waals surface area contributed by atoms with Gasteiger partial charge in [0.15, 0.2) is 0 Å². The minimum Gasteiger partial charge on any atom is -0.355 e. The molecule has 4 rings (SSSR count). The maximum Gasteiger partial charge on any atom is 0.256 e. The number of carbonyl (C=O) groups excluding carboxylic acids is 2. The predicted molar refractivity (Wildman–Crippen MR) is 131 cm³/mol. The van der Waals surface area contributed by atoms with Crippen LogP contribution < -0.4 is 10.6 Å². The SMILES string of the molecule is CNC(=O)c1c(NC(=O)c2ccc(S(=O)(=O)N3CCCCCC3)cc2)sc2c1CC[C@H](C)C2. The Labute approximate surface area is 199 Å². The Hall–Kier alpha value is -2.23. The van der Waals surface area contributed by atoms with Crippen LogP contribution in [0.2, 0.25) is 0 Å². The number of hydrogen-bond donors (Lipinski definition) is 2. The first-order valence-electron chi connectivity index (χ1n) is 11.6. The molecule has 0 saturated carbocycles. The smallest absolute Gasteiger partial charge is 0.256 e. The molecule has 0 bridgehead atoms. The maximum absolute atomic E-state index is 13.0. The molecule has 0 radical (unpaired) electrons. The predicted octanol–water partition coefficient (Wildman–Crippen LogP) is 4.05. The van der Waals surface area contributed by atoms with E-state index >= 15 is 0 Å². The van der Waals surface area contributed by atoms with Crippen LogP contribution in [0.15, 0.2) is 29.2 Å². The molecule has 1 aromatic heterocycles. The summed E-state index contributed by atoms with van der Waals surface area (Å²) in [5.41, 5.74) is 1.94. The van der Waals surface area contributed by atoms with Crippen molar-refractivity contribution in [1.82, 2.24) is 9.62 Å². The zero-order chi connectivity index (χ0) is 23.6. The largest absolute Gasteiger partial charge is 0.355 e. The zero-order valence-corrected chi connectivity index (χ0v) is 20.8. The summed E-state index contributed by atoms with van der Waals surface area (Å²) in [7, 11) is -1.97. The molecule has 1 aliphatic carbocycles. The van der Waals surface area contributed by atoms with Crippen LogP contribution in [0, 0.1) is 5.92 Å². The van der Waals surface area contributed by atoms with E-state index in [4.69, 9.17) is 0 Å². The average molecular weight is 490 g/mol. The van der Waals surface area contributed by atoms with Gasteiger partial charge in [0, 0.05) is 30.6 Å². The maximum atomic E-state index is 13.0. The molecule has 2 aromatic rings. The van der Waals surface area contributed by atoms with Gasteiger partial charge in [0.05, 0.1) is 10.5 Å². The number of fused-ring (bicyclic) bond motifs is 1. The van der Waals surface area contributed by atoms with Gasteiger partial charge in [-0.15, -0.1) is 11.3 Å². The third-order valence-electron chi connectivity index (χ3n) is 6.51. The third kappa shape index (κ3) is 5.00. The standard InChI is InChI=1S/C24H31N3O4S2/c1-16-7-12-19-20(15-16)32-24(21(19)23(29)25-2)26-22(28)17-8-10-18(11-9-17)33(30,31)27-13-5-3-4-6-14-27/h8-11,16H,3-7,12-15H2,1-2H3,(H,25,29)(H,26,28)/t16-/m0/s1. The van der Waals surface area contributed by atoms with E-state index in [0.29, 0.717) is 35.1 Å². The van der Waals surface area contributed by atoms with Gasteiger partial charge < -0.3 is 10.6 Å². The van der Waals surface area contributed by atoms with E-state index in [1.807, 2.05) is 0 Å². The molecule has 2 heterocycles. The molecular formula is C24H31N3O4S2. The highest BCUT2D eigenvalue weighted by Crippen LogP contribution is 2.39. The Balaban J connectivity index is 1.54. The fourth-order valence-electron chi connectivity index (χ4n) is 4.59. The minimum atomic E-state index is -3.56. The molecule has 0 unspecified atom stereocenters. The first kappa shape index (κ1) is 23.9. The Morgan fingerprint density at radius 3 is 2.33 bits per heavy atom. The third-order valence-corrected chi connectivity index (χ3v) is 9.59. The normalized spacial score (nSPS) is 19.4. The molecular weight excluding hydrogens is 458 g/mol. The molecule has 2 aliphatic rings. The van der Waals surface area contributed by atoms with Crippen molar-refractivity contribution < 1.29 is 18.0 Å². The monoisotopic (exact) mass is 489 g/mol. The number of nitrogens with zero attached hydrogens (tertiary/aromatic N) is 1. The van der Waals surface area contributed by atoms with Crippen LogP contribution in [-0.4, -0.2) is 44.7 Å². The number of rotatable bonds is 5. The summed E-state index contributed by atoms with van der Waals surface area (Å²) < 4.78 is 27.5. The van der Waals surface area contributed by atoms with Crippen molar-refractivity contribution in [3.8, 4) is 0 Å². The minimum absolute atomic E-state index is 0.198. The molecule has 9 heteroatoms. The van der Waals surface area contributed by atoms with Crippen LogP contribution >= 0.6 is 11.3 Å². The summed E-state index contributed by atoms with van der Waals surface area (Å²) in [4.78, 5) is 26.9. The summed E-state index contributed by atoms with van der Waals surface area (Å²) in [6.07, 6.45) is 6.60. The van der Waals surface area contributed by atoms with Gasteiger partial charge in [0.2, 0.25) is 10.0 Å². The fraction of sp³-hybridized carbons (Fsp3) is 0.500. The van der Waals surface area contributed by atoms with Crippen LogP contribution in [0.1, 0.15) is 70.2 Å². The highest BCUT2D eigenvalue weighted by atomic mass is 32.2. The second kappa shape index (κ2) is 9.95. The number of sulfonamides is 1. The number of amides is 2. The van der Waals surface area contributed by atoms with Crippen LogP contribution in [0.4, 0.5) is 5.00 Å². The van der Waals surface area contributed by atoms with Crippen molar-refractivity contribution in [2.75, 3.05) is 25.5 Å². The second-order valence-electron chi connectivity index (χ2n) is 8.93. The van der Waals surface area contributed by atoms with Gasteiger partial charge >= 0.3 is 0 Å². The first-order chi connectivity index (χ1) is 15.8. The Morgan fingerprint density at radius 1 is 1.03 bits per heavy atom.